The molecule has 98 valence electrons. The van der Waals surface area contributed by atoms with E-state index in [1.807, 2.05) is 0 Å². The van der Waals surface area contributed by atoms with Crippen LogP contribution < -0.4 is 10.6 Å². The number of alkyl carbamates (subject to hydrolysis) is 1. The Morgan fingerprint density at radius 2 is 2.06 bits per heavy atom. The number of hydrogen-bond donors (Lipinski definition) is 3. The number of hydrogen-bond acceptors (Lipinski definition) is 4. The second-order valence-corrected chi connectivity index (χ2v) is 5.21. The zero-order valence-corrected chi connectivity index (χ0v) is 10.4. The number of carbonyl (C=O) groups is 2. The number of carboxylic acid groups (broad SMARTS) is 1. The third kappa shape index (κ3) is 5.04. The van der Waals surface area contributed by atoms with Crippen LogP contribution in [0.3, 0.4) is 0 Å². The molecule has 0 aromatic rings. The van der Waals surface area contributed by atoms with Crippen LogP contribution in [0.4, 0.5) is 4.79 Å². The fourth-order valence-electron chi connectivity index (χ4n) is 1.71. The summed E-state index contributed by atoms with van der Waals surface area (Å²) < 4.78 is 5.12. The molecule has 0 bridgehead atoms. The summed E-state index contributed by atoms with van der Waals surface area (Å²) in [4.78, 5) is 22.3. The molecule has 0 saturated carbocycles. The second-order valence-electron chi connectivity index (χ2n) is 5.21. The molecule has 1 aliphatic rings. The van der Waals surface area contributed by atoms with Gasteiger partial charge in [0, 0.05) is 6.04 Å². The fourth-order valence-corrected chi connectivity index (χ4v) is 1.71. The predicted molar refractivity (Wildman–Crippen MR) is 61.8 cm³/mol. The van der Waals surface area contributed by atoms with E-state index in [-0.39, 0.29) is 6.04 Å². The standard InChI is InChI=1S/C11H20N2O4/c1-11(2,3)17-10(16)13-7-4-5-12-8(6-7)9(14)15/h7-8,12H,4-6H2,1-3H3,(H,13,16)(H,14,15)/t7-,8-/m0/s1. The van der Waals surface area contributed by atoms with Gasteiger partial charge in [-0.1, -0.05) is 0 Å². The molecule has 1 saturated heterocycles. The molecule has 2 atom stereocenters. The number of piperidine rings is 1. The average molecular weight is 244 g/mol. The van der Waals surface area contributed by atoms with E-state index >= 15 is 0 Å². The third-order valence-electron chi connectivity index (χ3n) is 2.42. The Hall–Kier alpha value is -1.30. The van der Waals surface area contributed by atoms with Gasteiger partial charge in [-0.15, -0.1) is 0 Å². The predicted octanol–water partition coefficient (Wildman–Crippen LogP) is 0.716. The highest BCUT2D eigenvalue weighted by Gasteiger charge is 2.28. The minimum Gasteiger partial charge on any atom is -0.480 e. The van der Waals surface area contributed by atoms with Gasteiger partial charge in [0.25, 0.3) is 0 Å². The first-order chi connectivity index (χ1) is 7.78. The maximum absolute atomic E-state index is 11.5. The molecule has 3 N–H and O–H groups in total. The van der Waals surface area contributed by atoms with Gasteiger partial charge in [-0.3, -0.25) is 4.79 Å². The maximum atomic E-state index is 11.5. The van der Waals surface area contributed by atoms with Gasteiger partial charge >= 0.3 is 12.1 Å². The van der Waals surface area contributed by atoms with Crippen LogP contribution in [-0.2, 0) is 9.53 Å². The minimum atomic E-state index is -0.888. The largest absolute Gasteiger partial charge is 0.480 e. The summed E-state index contributed by atoms with van der Waals surface area (Å²) in [6.45, 7) is 5.94. The normalized spacial score (nSPS) is 25.1. The molecule has 1 aliphatic heterocycles. The van der Waals surface area contributed by atoms with E-state index in [0.29, 0.717) is 19.4 Å². The monoisotopic (exact) mass is 244 g/mol. The van der Waals surface area contributed by atoms with Gasteiger partial charge in [-0.2, -0.15) is 0 Å². The van der Waals surface area contributed by atoms with Crippen LogP contribution in [0.25, 0.3) is 0 Å². The molecule has 0 spiro atoms. The lowest BCUT2D eigenvalue weighted by Crippen LogP contribution is -2.51. The highest BCUT2D eigenvalue weighted by molar-refractivity contribution is 5.74. The number of ether oxygens (including phenoxy) is 1. The number of carboxylic acids is 1. The van der Waals surface area contributed by atoms with E-state index in [1.165, 1.54) is 0 Å². The molecule has 6 nitrogen and oxygen atoms in total. The Balaban J connectivity index is 2.41. The summed E-state index contributed by atoms with van der Waals surface area (Å²) in [6.07, 6.45) is 0.603. The van der Waals surface area contributed by atoms with Crippen LogP contribution >= 0.6 is 0 Å². The molecule has 0 aromatic carbocycles. The SMILES string of the molecule is CC(C)(C)OC(=O)N[C@H]1CCN[C@H](C(=O)O)C1. The van der Waals surface area contributed by atoms with Gasteiger partial charge in [0.2, 0.25) is 0 Å². The van der Waals surface area contributed by atoms with Gasteiger partial charge in [0.15, 0.2) is 0 Å². The van der Waals surface area contributed by atoms with Crippen molar-refractivity contribution in [2.24, 2.45) is 0 Å². The van der Waals surface area contributed by atoms with Crippen LogP contribution in [-0.4, -0.2) is 41.4 Å². The zero-order valence-electron chi connectivity index (χ0n) is 10.4. The van der Waals surface area contributed by atoms with Gasteiger partial charge in [0.1, 0.15) is 11.6 Å². The van der Waals surface area contributed by atoms with E-state index < -0.39 is 23.7 Å². The summed E-state index contributed by atoms with van der Waals surface area (Å²) in [5.41, 5.74) is -0.538. The van der Waals surface area contributed by atoms with E-state index in [4.69, 9.17) is 9.84 Å². The van der Waals surface area contributed by atoms with Gasteiger partial charge in [-0.05, 0) is 40.2 Å². The first kappa shape index (κ1) is 13.8. The second kappa shape index (κ2) is 5.35. The van der Waals surface area contributed by atoms with Crippen molar-refractivity contribution in [3.63, 3.8) is 0 Å². The van der Waals surface area contributed by atoms with Crippen LogP contribution in [0.5, 0.6) is 0 Å². The Bertz CT molecular complexity index is 298. The third-order valence-corrected chi connectivity index (χ3v) is 2.42. The molecule has 0 unspecified atom stereocenters. The summed E-state index contributed by atoms with van der Waals surface area (Å²) >= 11 is 0. The molecule has 17 heavy (non-hydrogen) atoms. The maximum Gasteiger partial charge on any atom is 0.407 e. The lowest BCUT2D eigenvalue weighted by molar-refractivity contribution is -0.140. The van der Waals surface area contributed by atoms with Crippen LogP contribution in [0.2, 0.25) is 0 Å². The topological polar surface area (TPSA) is 87.7 Å². The number of rotatable bonds is 2. The Labute approximate surface area is 101 Å². The smallest absolute Gasteiger partial charge is 0.407 e. The number of amides is 1. The molecule has 1 fully saturated rings. The summed E-state index contributed by atoms with van der Waals surface area (Å²) in [6, 6.07) is -0.740. The molecule has 1 rings (SSSR count). The van der Waals surface area contributed by atoms with Crippen molar-refractivity contribution >= 4 is 12.1 Å². The van der Waals surface area contributed by atoms with Crippen molar-refractivity contribution < 1.29 is 19.4 Å². The van der Waals surface area contributed by atoms with Crippen molar-refractivity contribution in [1.82, 2.24) is 10.6 Å². The molecule has 1 heterocycles. The molecule has 0 aliphatic carbocycles. The molecule has 1 amide bonds. The Morgan fingerprint density at radius 3 is 2.59 bits per heavy atom. The van der Waals surface area contributed by atoms with Crippen LogP contribution in [0.15, 0.2) is 0 Å². The highest BCUT2D eigenvalue weighted by Crippen LogP contribution is 2.11. The zero-order chi connectivity index (χ0) is 13.1. The lowest BCUT2D eigenvalue weighted by Gasteiger charge is -2.29. The van der Waals surface area contributed by atoms with Crippen molar-refractivity contribution in [2.75, 3.05) is 6.54 Å². The van der Waals surface area contributed by atoms with E-state index in [1.54, 1.807) is 20.8 Å². The fraction of sp³-hybridized carbons (Fsp3) is 0.818. The molecule has 6 heteroatoms. The summed E-state index contributed by atoms with van der Waals surface area (Å²) in [7, 11) is 0. The first-order valence-corrected chi connectivity index (χ1v) is 5.73. The first-order valence-electron chi connectivity index (χ1n) is 5.73. The van der Waals surface area contributed by atoms with Crippen molar-refractivity contribution in [3.05, 3.63) is 0 Å². The van der Waals surface area contributed by atoms with E-state index in [2.05, 4.69) is 10.6 Å². The molecule has 0 radical (unpaired) electrons. The van der Waals surface area contributed by atoms with Gasteiger partial charge in [0.05, 0.1) is 0 Å². The van der Waals surface area contributed by atoms with E-state index in [9.17, 15) is 9.59 Å². The van der Waals surface area contributed by atoms with Crippen molar-refractivity contribution in [1.29, 1.82) is 0 Å². The van der Waals surface area contributed by atoms with Crippen LogP contribution in [0, 0.1) is 0 Å². The van der Waals surface area contributed by atoms with E-state index in [0.717, 1.165) is 0 Å². The minimum absolute atomic E-state index is 0.146. The molecular formula is C11H20N2O4. The molecular weight excluding hydrogens is 224 g/mol. The number of nitrogens with one attached hydrogen (secondary N) is 2. The van der Waals surface area contributed by atoms with Gasteiger partial charge in [-0.25, -0.2) is 4.79 Å². The summed E-state index contributed by atoms with van der Waals surface area (Å²) in [5.74, 6) is -0.888. The van der Waals surface area contributed by atoms with Crippen LogP contribution in [0.1, 0.15) is 33.6 Å². The molecule has 0 aromatic heterocycles. The number of aliphatic carboxylic acids is 1. The lowest BCUT2D eigenvalue weighted by atomic mass is 10.00. The van der Waals surface area contributed by atoms with Crippen molar-refractivity contribution in [3.8, 4) is 0 Å². The van der Waals surface area contributed by atoms with Crippen molar-refractivity contribution in [2.45, 2.75) is 51.3 Å². The number of carbonyl (C=O) groups excluding carboxylic acids is 1. The summed E-state index contributed by atoms with van der Waals surface area (Å²) in [5, 5.41) is 14.4. The Kier molecular flexibility index (Phi) is 4.34. The Morgan fingerprint density at radius 1 is 1.41 bits per heavy atom. The highest BCUT2D eigenvalue weighted by atomic mass is 16.6. The quantitative estimate of drug-likeness (QED) is 0.666. The van der Waals surface area contributed by atoms with Gasteiger partial charge < -0.3 is 20.5 Å². The average Bonchev–Trinajstić information content (AvgIpc) is 2.14.